The molecular weight excluding hydrogens is 176 g/mol. The van der Waals surface area contributed by atoms with E-state index in [9.17, 15) is 0 Å². The fraction of sp³-hybridized carbons (Fsp3) is 0.273. The average molecular weight is 186 g/mol. The van der Waals surface area contributed by atoms with Crippen molar-refractivity contribution in [1.29, 1.82) is 10.5 Å². The van der Waals surface area contributed by atoms with Gasteiger partial charge in [0.15, 0.2) is 0 Å². The van der Waals surface area contributed by atoms with Crippen LogP contribution < -0.4 is 0 Å². The highest BCUT2D eigenvalue weighted by atomic mass is 16.3. The van der Waals surface area contributed by atoms with Gasteiger partial charge in [0.25, 0.3) is 0 Å². The van der Waals surface area contributed by atoms with Gasteiger partial charge >= 0.3 is 0 Å². The fourth-order valence-electron chi connectivity index (χ4n) is 1.07. The zero-order valence-electron chi connectivity index (χ0n) is 8.16. The van der Waals surface area contributed by atoms with Crippen LogP contribution in [0.1, 0.15) is 17.1 Å². The molecule has 14 heavy (non-hydrogen) atoms. The predicted octanol–water partition coefficient (Wildman–Crippen LogP) is 2.41. The minimum atomic E-state index is 0.122. The van der Waals surface area contributed by atoms with Gasteiger partial charge in [-0.3, -0.25) is 0 Å². The summed E-state index contributed by atoms with van der Waals surface area (Å²) in [6, 6.07) is 5.52. The third kappa shape index (κ3) is 2.24. The molecule has 3 nitrogen and oxygen atoms in total. The molecule has 1 rings (SSSR count). The number of nitrogens with zero attached hydrogens (tertiary/aromatic N) is 2. The molecule has 0 N–H and O–H groups in total. The van der Waals surface area contributed by atoms with Crippen LogP contribution in [0.3, 0.4) is 0 Å². The van der Waals surface area contributed by atoms with E-state index >= 15 is 0 Å². The maximum atomic E-state index is 8.49. The predicted molar refractivity (Wildman–Crippen MR) is 51.2 cm³/mol. The molecule has 0 saturated carbocycles. The highest BCUT2D eigenvalue weighted by molar-refractivity contribution is 5.36. The number of hydrogen-bond donors (Lipinski definition) is 0. The molecule has 0 bridgehead atoms. The Hall–Kier alpha value is -2.00. The lowest BCUT2D eigenvalue weighted by atomic mass is 10.2. The molecule has 0 spiro atoms. The summed E-state index contributed by atoms with van der Waals surface area (Å²) in [5.41, 5.74) is 1.21. The van der Waals surface area contributed by atoms with Crippen molar-refractivity contribution in [3.05, 3.63) is 34.8 Å². The number of furan rings is 1. The van der Waals surface area contributed by atoms with Crippen molar-refractivity contribution in [3.63, 3.8) is 0 Å². The summed E-state index contributed by atoms with van der Waals surface area (Å²) < 4.78 is 5.39. The molecule has 0 saturated heterocycles. The minimum absolute atomic E-state index is 0.122. The summed E-state index contributed by atoms with van der Waals surface area (Å²) in [5, 5.41) is 17.0. The van der Waals surface area contributed by atoms with Crippen molar-refractivity contribution in [2.45, 2.75) is 20.3 Å². The molecule has 0 atom stereocenters. The van der Waals surface area contributed by atoms with Crippen LogP contribution in [0.4, 0.5) is 0 Å². The first-order valence-electron chi connectivity index (χ1n) is 4.23. The molecule has 0 radical (unpaired) electrons. The second kappa shape index (κ2) is 4.30. The van der Waals surface area contributed by atoms with Crippen molar-refractivity contribution in [1.82, 2.24) is 0 Å². The molecule has 0 fully saturated rings. The molecule has 70 valence electrons. The van der Waals surface area contributed by atoms with Crippen LogP contribution in [0.25, 0.3) is 0 Å². The van der Waals surface area contributed by atoms with E-state index in [0.29, 0.717) is 6.42 Å². The quantitative estimate of drug-likeness (QED) is 0.666. The maximum Gasteiger partial charge on any atom is 0.126 e. The summed E-state index contributed by atoms with van der Waals surface area (Å²) in [7, 11) is 0. The Morgan fingerprint density at radius 2 is 2.07 bits per heavy atom. The van der Waals surface area contributed by atoms with Crippen molar-refractivity contribution in [2.24, 2.45) is 0 Å². The van der Waals surface area contributed by atoms with Crippen LogP contribution in [-0.4, -0.2) is 0 Å². The van der Waals surface area contributed by atoms with E-state index in [1.54, 1.807) is 18.2 Å². The Kier molecular flexibility index (Phi) is 3.09. The average Bonchev–Trinajstić information content (AvgIpc) is 2.48. The van der Waals surface area contributed by atoms with E-state index in [1.807, 2.05) is 19.9 Å². The summed E-state index contributed by atoms with van der Waals surface area (Å²) >= 11 is 0. The van der Waals surface area contributed by atoms with Crippen LogP contribution in [0.2, 0.25) is 0 Å². The lowest BCUT2D eigenvalue weighted by Gasteiger charge is -1.87. The maximum absolute atomic E-state index is 8.49. The number of allylic oxidation sites excluding steroid dienone is 2. The number of aryl methyl sites for hydroxylation is 2. The van der Waals surface area contributed by atoms with Crippen LogP contribution >= 0.6 is 0 Å². The molecule has 0 aromatic carbocycles. The smallest absolute Gasteiger partial charge is 0.126 e. The molecule has 0 aliphatic carbocycles. The topological polar surface area (TPSA) is 60.7 Å². The van der Waals surface area contributed by atoms with Crippen LogP contribution in [0, 0.1) is 36.5 Å². The molecule has 3 heteroatoms. The molecule has 0 aliphatic rings. The molecule has 0 unspecified atom stereocenters. The number of nitriles is 2. The first-order valence-corrected chi connectivity index (χ1v) is 4.23. The third-order valence-electron chi connectivity index (χ3n) is 1.97. The van der Waals surface area contributed by atoms with E-state index < -0.39 is 0 Å². The molecule has 1 aromatic heterocycles. The van der Waals surface area contributed by atoms with E-state index in [4.69, 9.17) is 14.9 Å². The summed E-state index contributed by atoms with van der Waals surface area (Å²) in [4.78, 5) is 0. The summed E-state index contributed by atoms with van der Waals surface area (Å²) in [5.74, 6) is 1.66. The Labute approximate surface area is 82.9 Å². The van der Waals surface area contributed by atoms with Gasteiger partial charge in [0, 0.05) is 6.42 Å². The second-order valence-corrected chi connectivity index (χ2v) is 3.00. The SMILES string of the molecule is Cc1cc(CC=C(C#N)C#N)oc1C. The molecule has 0 aliphatic heterocycles. The highest BCUT2D eigenvalue weighted by Crippen LogP contribution is 2.14. The summed E-state index contributed by atoms with van der Waals surface area (Å²) in [6.45, 7) is 3.85. The Morgan fingerprint density at radius 1 is 1.43 bits per heavy atom. The van der Waals surface area contributed by atoms with Gasteiger partial charge in [-0.05, 0) is 31.6 Å². The fourth-order valence-corrected chi connectivity index (χ4v) is 1.07. The van der Waals surface area contributed by atoms with Crippen molar-refractivity contribution >= 4 is 0 Å². The first-order chi connectivity index (χ1) is 6.67. The van der Waals surface area contributed by atoms with E-state index in [2.05, 4.69) is 0 Å². The normalized spacial score (nSPS) is 8.86. The summed E-state index contributed by atoms with van der Waals surface area (Å²) in [6.07, 6.45) is 2.06. The molecule has 1 aromatic rings. The Bertz CT molecular complexity index is 405. The first kappa shape index (κ1) is 10.1. The van der Waals surface area contributed by atoms with E-state index in [1.165, 1.54) is 0 Å². The van der Waals surface area contributed by atoms with Crippen molar-refractivity contribution in [2.75, 3.05) is 0 Å². The largest absolute Gasteiger partial charge is 0.466 e. The number of hydrogen-bond acceptors (Lipinski definition) is 3. The molecule has 1 heterocycles. The highest BCUT2D eigenvalue weighted by Gasteiger charge is 2.02. The van der Waals surface area contributed by atoms with E-state index in [0.717, 1.165) is 17.1 Å². The van der Waals surface area contributed by atoms with Gasteiger partial charge in [-0.25, -0.2) is 0 Å². The van der Waals surface area contributed by atoms with Gasteiger partial charge in [0.2, 0.25) is 0 Å². The van der Waals surface area contributed by atoms with Gasteiger partial charge in [-0.1, -0.05) is 0 Å². The molecule has 0 amide bonds. The third-order valence-corrected chi connectivity index (χ3v) is 1.97. The minimum Gasteiger partial charge on any atom is -0.466 e. The second-order valence-electron chi connectivity index (χ2n) is 3.00. The lowest BCUT2D eigenvalue weighted by molar-refractivity contribution is 0.493. The zero-order valence-corrected chi connectivity index (χ0v) is 8.16. The molecular formula is C11H10N2O. The number of rotatable bonds is 2. The Balaban J connectivity index is 2.77. The van der Waals surface area contributed by atoms with Crippen LogP contribution in [-0.2, 0) is 6.42 Å². The van der Waals surface area contributed by atoms with Crippen LogP contribution in [0.5, 0.6) is 0 Å². The van der Waals surface area contributed by atoms with Gasteiger partial charge < -0.3 is 4.42 Å². The van der Waals surface area contributed by atoms with Crippen molar-refractivity contribution in [3.8, 4) is 12.1 Å². The van der Waals surface area contributed by atoms with Gasteiger partial charge in [0.05, 0.1) is 0 Å². The van der Waals surface area contributed by atoms with Gasteiger partial charge in [0.1, 0.15) is 29.2 Å². The van der Waals surface area contributed by atoms with Crippen molar-refractivity contribution < 1.29 is 4.42 Å². The van der Waals surface area contributed by atoms with Crippen LogP contribution in [0.15, 0.2) is 22.1 Å². The zero-order chi connectivity index (χ0) is 10.6. The van der Waals surface area contributed by atoms with Gasteiger partial charge in [-0.2, -0.15) is 10.5 Å². The monoisotopic (exact) mass is 186 g/mol. The standard InChI is InChI=1S/C11H10N2O/c1-8-5-11(14-9(8)2)4-3-10(6-12)7-13/h3,5H,4H2,1-2H3. The van der Waals surface area contributed by atoms with E-state index in [-0.39, 0.29) is 5.57 Å². The lowest BCUT2D eigenvalue weighted by Crippen LogP contribution is -1.78. The Morgan fingerprint density at radius 3 is 2.50 bits per heavy atom. The van der Waals surface area contributed by atoms with Gasteiger partial charge in [-0.15, -0.1) is 0 Å².